The molecule has 0 bridgehead atoms. The number of aromatic nitrogens is 2. The smallest absolute Gasteiger partial charge is 0.326 e. The number of aliphatic carboxylic acids is 1. The molecule has 0 saturated carbocycles. The number of H-pyrrole nitrogens is 1. The molecule has 26 heavy (non-hydrogen) atoms. The predicted octanol–water partition coefficient (Wildman–Crippen LogP) is 2.95. The number of carbonyl (C=O) groups is 2. The Labute approximate surface area is 152 Å². The van der Waals surface area contributed by atoms with Gasteiger partial charge in [-0.2, -0.15) is 0 Å². The predicted molar refractivity (Wildman–Crippen MR) is 99.1 cm³/mol. The van der Waals surface area contributed by atoms with Crippen molar-refractivity contribution in [2.45, 2.75) is 45.1 Å². The lowest BCUT2D eigenvalue weighted by molar-refractivity contribution is -0.140. The Morgan fingerprint density at radius 2 is 2.04 bits per heavy atom. The average molecular weight is 358 g/mol. The van der Waals surface area contributed by atoms with Gasteiger partial charge < -0.3 is 20.3 Å². The number of hydrogen-bond donors (Lipinski definition) is 3. The van der Waals surface area contributed by atoms with Gasteiger partial charge in [0.2, 0.25) is 0 Å². The molecular weight excluding hydrogens is 332 g/mol. The molecule has 3 N–H and O–H groups in total. The number of para-hydroxylation sites is 2. The summed E-state index contributed by atoms with van der Waals surface area (Å²) in [5.41, 5.74) is 1.99. The van der Waals surface area contributed by atoms with E-state index >= 15 is 0 Å². The number of carbonyl (C=O) groups excluding carboxylic acids is 1. The SMILES string of the molecule is CCC(C)[C@@H](NC(=O)N1CCC(c2nc3ccccc3[nH]2)CC1)C(=O)O. The molecular formula is C19H26N4O3. The summed E-state index contributed by atoms with van der Waals surface area (Å²) in [5.74, 6) is 0.167. The number of imidazole rings is 1. The lowest BCUT2D eigenvalue weighted by atomic mass is 9.96. The van der Waals surface area contributed by atoms with E-state index in [2.05, 4.69) is 15.3 Å². The van der Waals surface area contributed by atoms with Crippen molar-refractivity contribution < 1.29 is 14.7 Å². The summed E-state index contributed by atoms with van der Waals surface area (Å²) in [4.78, 5) is 33.6. The Hall–Kier alpha value is -2.57. The number of benzene rings is 1. The Morgan fingerprint density at radius 1 is 1.35 bits per heavy atom. The van der Waals surface area contributed by atoms with Crippen molar-refractivity contribution >= 4 is 23.0 Å². The van der Waals surface area contributed by atoms with E-state index in [0.717, 1.165) is 29.7 Å². The van der Waals surface area contributed by atoms with E-state index < -0.39 is 12.0 Å². The van der Waals surface area contributed by atoms with E-state index in [0.29, 0.717) is 19.5 Å². The summed E-state index contributed by atoms with van der Waals surface area (Å²) in [6.45, 7) is 4.96. The minimum absolute atomic E-state index is 0.107. The third kappa shape index (κ3) is 3.81. The van der Waals surface area contributed by atoms with Crippen molar-refractivity contribution in [2.75, 3.05) is 13.1 Å². The molecule has 0 spiro atoms. The summed E-state index contributed by atoms with van der Waals surface area (Å²) < 4.78 is 0. The maximum absolute atomic E-state index is 12.4. The molecule has 2 heterocycles. The molecule has 7 heteroatoms. The molecule has 1 aliphatic heterocycles. The normalized spacial score (nSPS) is 17.8. The van der Waals surface area contributed by atoms with Gasteiger partial charge in [0, 0.05) is 19.0 Å². The van der Waals surface area contributed by atoms with Crippen LogP contribution in [0.4, 0.5) is 4.79 Å². The van der Waals surface area contributed by atoms with Crippen LogP contribution in [0.25, 0.3) is 11.0 Å². The van der Waals surface area contributed by atoms with Gasteiger partial charge in [-0.15, -0.1) is 0 Å². The molecule has 0 radical (unpaired) electrons. The summed E-state index contributed by atoms with van der Waals surface area (Å²) in [6, 6.07) is 6.80. The number of nitrogens with one attached hydrogen (secondary N) is 2. The fraction of sp³-hybridized carbons (Fsp3) is 0.526. The van der Waals surface area contributed by atoms with E-state index in [1.54, 1.807) is 4.90 Å². The van der Waals surface area contributed by atoms with Gasteiger partial charge in [0.15, 0.2) is 0 Å². The van der Waals surface area contributed by atoms with E-state index in [4.69, 9.17) is 0 Å². The van der Waals surface area contributed by atoms with Crippen LogP contribution in [0.15, 0.2) is 24.3 Å². The van der Waals surface area contributed by atoms with Crippen LogP contribution in [0.5, 0.6) is 0 Å². The first kappa shape index (κ1) is 18.2. The average Bonchev–Trinajstić information content (AvgIpc) is 3.09. The summed E-state index contributed by atoms with van der Waals surface area (Å²) >= 11 is 0. The second-order valence-electron chi connectivity index (χ2n) is 7.05. The molecule has 1 aliphatic rings. The van der Waals surface area contributed by atoms with Gasteiger partial charge >= 0.3 is 12.0 Å². The largest absolute Gasteiger partial charge is 0.480 e. The number of amides is 2. The third-order valence-electron chi connectivity index (χ3n) is 5.33. The topological polar surface area (TPSA) is 98.3 Å². The van der Waals surface area contributed by atoms with Crippen LogP contribution in [0.3, 0.4) is 0 Å². The van der Waals surface area contributed by atoms with Crippen LogP contribution in [-0.2, 0) is 4.79 Å². The summed E-state index contributed by atoms with van der Waals surface area (Å²) in [7, 11) is 0. The van der Waals surface area contributed by atoms with Crippen LogP contribution in [0, 0.1) is 5.92 Å². The van der Waals surface area contributed by atoms with Crippen LogP contribution < -0.4 is 5.32 Å². The molecule has 7 nitrogen and oxygen atoms in total. The maximum Gasteiger partial charge on any atom is 0.326 e. The van der Waals surface area contributed by atoms with Crippen molar-refractivity contribution in [3.63, 3.8) is 0 Å². The Bertz CT molecular complexity index is 747. The number of carboxylic acid groups (broad SMARTS) is 1. The van der Waals surface area contributed by atoms with E-state index in [9.17, 15) is 14.7 Å². The quantitative estimate of drug-likeness (QED) is 0.765. The fourth-order valence-electron chi connectivity index (χ4n) is 3.43. The second-order valence-corrected chi connectivity index (χ2v) is 7.05. The van der Waals surface area contributed by atoms with Crippen molar-refractivity contribution in [2.24, 2.45) is 5.92 Å². The Kier molecular flexibility index (Phi) is 5.44. The molecule has 1 aromatic heterocycles. The van der Waals surface area contributed by atoms with Crippen molar-refractivity contribution in [1.29, 1.82) is 0 Å². The highest BCUT2D eigenvalue weighted by molar-refractivity contribution is 5.83. The van der Waals surface area contributed by atoms with Gasteiger partial charge in [0.1, 0.15) is 11.9 Å². The number of aromatic amines is 1. The van der Waals surface area contributed by atoms with Gasteiger partial charge in [0.25, 0.3) is 0 Å². The molecule has 2 aromatic rings. The van der Waals surface area contributed by atoms with E-state index in [-0.39, 0.29) is 17.9 Å². The molecule has 1 fully saturated rings. The standard InChI is InChI=1S/C19H26N4O3/c1-3-12(2)16(18(24)25)22-19(26)23-10-8-13(9-11-23)17-20-14-6-4-5-7-15(14)21-17/h4-7,12-13,16H,3,8-11H2,1-2H3,(H,20,21)(H,22,26)(H,24,25)/t12?,16-/m1/s1. The molecule has 3 rings (SSSR count). The minimum Gasteiger partial charge on any atom is -0.480 e. The highest BCUT2D eigenvalue weighted by Gasteiger charge is 2.30. The van der Waals surface area contributed by atoms with Crippen molar-refractivity contribution in [1.82, 2.24) is 20.2 Å². The number of piperidine rings is 1. The molecule has 1 saturated heterocycles. The summed E-state index contributed by atoms with van der Waals surface area (Å²) in [5, 5.41) is 12.0. The Balaban J connectivity index is 1.59. The maximum atomic E-state index is 12.4. The van der Waals surface area contributed by atoms with E-state index in [1.807, 2.05) is 38.1 Å². The number of urea groups is 1. The number of nitrogens with zero attached hydrogens (tertiary/aromatic N) is 2. The molecule has 0 aliphatic carbocycles. The monoisotopic (exact) mass is 358 g/mol. The molecule has 2 atom stereocenters. The number of rotatable bonds is 5. The highest BCUT2D eigenvalue weighted by atomic mass is 16.4. The zero-order valence-electron chi connectivity index (χ0n) is 15.2. The van der Waals surface area contributed by atoms with Crippen LogP contribution in [0.2, 0.25) is 0 Å². The minimum atomic E-state index is -0.982. The van der Waals surface area contributed by atoms with Gasteiger partial charge in [-0.1, -0.05) is 32.4 Å². The molecule has 140 valence electrons. The lowest BCUT2D eigenvalue weighted by Gasteiger charge is -2.32. The zero-order valence-corrected chi connectivity index (χ0v) is 15.2. The van der Waals surface area contributed by atoms with Gasteiger partial charge in [0.05, 0.1) is 11.0 Å². The fourth-order valence-corrected chi connectivity index (χ4v) is 3.43. The molecule has 1 unspecified atom stereocenters. The molecule has 1 aromatic carbocycles. The number of carboxylic acids is 1. The number of hydrogen-bond acceptors (Lipinski definition) is 3. The van der Waals surface area contributed by atoms with Crippen molar-refractivity contribution in [3.8, 4) is 0 Å². The van der Waals surface area contributed by atoms with Crippen LogP contribution in [0.1, 0.15) is 44.9 Å². The first-order valence-corrected chi connectivity index (χ1v) is 9.22. The second kappa shape index (κ2) is 7.76. The Morgan fingerprint density at radius 3 is 2.65 bits per heavy atom. The van der Waals surface area contributed by atoms with Gasteiger partial charge in [-0.25, -0.2) is 14.6 Å². The van der Waals surface area contributed by atoms with Crippen LogP contribution >= 0.6 is 0 Å². The zero-order chi connectivity index (χ0) is 18.7. The van der Waals surface area contributed by atoms with E-state index in [1.165, 1.54) is 0 Å². The van der Waals surface area contributed by atoms with Crippen molar-refractivity contribution in [3.05, 3.63) is 30.1 Å². The number of likely N-dealkylation sites (tertiary alicyclic amines) is 1. The first-order valence-electron chi connectivity index (χ1n) is 9.22. The third-order valence-corrected chi connectivity index (χ3v) is 5.33. The molecule has 2 amide bonds. The first-order chi connectivity index (χ1) is 12.5. The van der Waals surface area contributed by atoms with Gasteiger partial charge in [-0.3, -0.25) is 0 Å². The number of fused-ring (bicyclic) bond motifs is 1. The van der Waals surface area contributed by atoms with Crippen LogP contribution in [-0.4, -0.2) is 51.1 Å². The summed E-state index contributed by atoms with van der Waals surface area (Å²) in [6.07, 6.45) is 2.33. The lowest BCUT2D eigenvalue weighted by Crippen LogP contribution is -2.52. The highest BCUT2D eigenvalue weighted by Crippen LogP contribution is 2.27. The van der Waals surface area contributed by atoms with Gasteiger partial charge in [-0.05, 0) is 30.9 Å².